The van der Waals surface area contributed by atoms with Crippen LogP contribution in [-0.4, -0.2) is 37.2 Å². The van der Waals surface area contributed by atoms with Crippen molar-refractivity contribution >= 4 is 5.97 Å². The molecule has 0 spiro atoms. The van der Waals surface area contributed by atoms with E-state index in [1.807, 2.05) is 30.3 Å². The molecule has 5 atom stereocenters. The second kappa shape index (κ2) is 7.25. The normalized spacial score (nSPS) is 32.5. The summed E-state index contributed by atoms with van der Waals surface area (Å²) in [4.78, 5) is 11.5. The van der Waals surface area contributed by atoms with E-state index in [2.05, 4.69) is 6.58 Å². The number of rotatable bonds is 6. The largest absolute Gasteiger partial charge is 0.459 e. The molecule has 124 valence electrons. The topological polar surface area (TPSA) is 54.0 Å². The molecular weight excluding hydrogens is 296 g/mol. The quantitative estimate of drug-likeness (QED) is 0.596. The SMILES string of the molecule is C=CC[C@H]1[C@@H]2OC[C@@H](O2)[C@@H](OCc2ccccc2)[C@@H]1OC(C)=O. The third-order valence-corrected chi connectivity index (χ3v) is 4.22. The summed E-state index contributed by atoms with van der Waals surface area (Å²) in [6.07, 6.45) is 1.12. The number of allylic oxidation sites excluding steroid dienone is 1. The third kappa shape index (κ3) is 3.63. The van der Waals surface area contributed by atoms with E-state index in [1.54, 1.807) is 6.08 Å². The molecule has 0 N–H and O–H groups in total. The van der Waals surface area contributed by atoms with E-state index >= 15 is 0 Å². The maximum atomic E-state index is 11.5. The number of hydrogen-bond acceptors (Lipinski definition) is 5. The molecule has 0 aliphatic carbocycles. The Labute approximate surface area is 136 Å². The molecular formula is C18H22O5. The predicted molar refractivity (Wildman–Crippen MR) is 83.5 cm³/mol. The molecule has 3 rings (SSSR count). The molecule has 2 fully saturated rings. The van der Waals surface area contributed by atoms with Crippen molar-refractivity contribution in [2.45, 2.75) is 44.6 Å². The fraction of sp³-hybridized carbons (Fsp3) is 0.500. The van der Waals surface area contributed by atoms with Gasteiger partial charge in [0.1, 0.15) is 18.3 Å². The number of benzene rings is 1. The summed E-state index contributed by atoms with van der Waals surface area (Å²) in [5.41, 5.74) is 1.07. The van der Waals surface area contributed by atoms with Crippen molar-refractivity contribution in [2.24, 2.45) is 5.92 Å². The third-order valence-electron chi connectivity index (χ3n) is 4.22. The van der Waals surface area contributed by atoms with E-state index in [-0.39, 0.29) is 36.5 Å². The van der Waals surface area contributed by atoms with Crippen molar-refractivity contribution in [3.05, 3.63) is 48.6 Å². The van der Waals surface area contributed by atoms with Crippen LogP contribution in [0.25, 0.3) is 0 Å². The molecule has 2 aliphatic heterocycles. The first kappa shape index (κ1) is 16.2. The van der Waals surface area contributed by atoms with Crippen LogP contribution in [0.3, 0.4) is 0 Å². The lowest BCUT2D eigenvalue weighted by Crippen LogP contribution is -2.53. The van der Waals surface area contributed by atoms with E-state index in [4.69, 9.17) is 18.9 Å². The minimum Gasteiger partial charge on any atom is -0.459 e. The number of ether oxygens (including phenoxy) is 4. The lowest BCUT2D eigenvalue weighted by Gasteiger charge is -2.39. The lowest BCUT2D eigenvalue weighted by atomic mass is 9.89. The van der Waals surface area contributed by atoms with Crippen molar-refractivity contribution in [1.82, 2.24) is 0 Å². The predicted octanol–water partition coefficient (Wildman–Crippen LogP) is 2.45. The molecule has 1 aromatic carbocycles. The maximum absolute atomic E-state index is 11.5. The molecule has 0 saturated carbocycles. The zero-order valence-corrected chi connectivity index (χ0v) is 13.2. The van der Waals surface area contributed by atoms with Crippen molar-refractivity contribution in [3.63, 3.8) is 0 Å². The zero-order chi connectivity index (χ0) is 16.2. The van der Waals surface area contributed by atoms with Crippen LogP contribution in [0.2, 0.25) is 0 Å². The first-order chi connectivity index (χ1) is 11.2. The van der Waals surface area contributed by atoms with Gasteiger partial charge in [-0.25, -0.2) is 0 Å². The highest BCUT2D eigenvalue weighted by atomic mass is 16.7. The van der Waals surface area contributed by atoms with E-state index in [1.165, 1.54) is 6.92 Å². The molecule has 0 radical (unpaired) electrons. The molecule has 5 heteroatoms. The summed E-state index contributed by atoms with van der Waals surface area (Å²) in [7, 11) is 0. The first-order valence-electron chi connectivity index (χ1n) is 7.89. The molecule has 5 nitrogen and oxygen atoms in total. The number of hydrogen-bond donors (Lipinski definition) is 0. The van der Waals surface area contributed by atoms with Crippen LogP contribution in [0.4, 0.5) is 0 Å². The Bertz CT molecular complexity index is 544. The summed E-state index contributed by atoms with van der Waals surface area (Å²) < 4.78 is 23.2. The second-order valence-electron chi connectivity index (χ2n) is 5.90. The standard InChI is InChI=1S/C18H22O5/c1-3-7-14-16(22-12(2)19)17(15-11-21-18(14)23-15)20-10-13-8-5-4-6-9-13/h3-6,8-9,14-18H,1,7,10-11H2,2H3/t14-,15-,16-,17-,18-/m1/s1. The van der Waals surface area contributed by atoms with Gasteiger partial charge in [-0.05, 0) is 12.0 Å². The Morgan fingerprint density at radius 1 is 1.35 bits per heavy atom. The van der Waals surface area contributed by atoms with Gasteiger partial charge in [0.2, 0.25) is 0 Å². The highest BCUT2D eigenvalue weighted by molar-refractivity contribution is 5.66. The minimum atomic E-state index is -0.388. The Hall–Kier alpha value is -1.69. The fourth-order valence-electron chi connectivity index (χ4n) is 3.20. The van der Waals surface area contributed by atoms with Crippen molar-refractivity contribution in [2.75, 3.05) is 6.61 Å². The smallest absolute Gasteiger partial charge is 0.303 e. The molecule has 0 unspecified atom stereocenters. The van der Waals surface area contributed by atoms with Gasteiger partial charge in [-0.1, -0.05) is 36.4 Å². The van der Waals surface area contributed by atoms with Gasteiger partial charge in [0.05, 0.1) is 19.1 Å². The van der Waals surface area contributed by atoms with Gasteiger partial charge in [0.25, 0.3) is 0 Å². The van der Waals surface area contributed by atoms with Crippen LogP contribution < -0.4 is 0 Å². The second-order valence-corrected chi connectivity index (χ2v) is 5.90. The van der Waals surface area contributed by atoms with Crippen LogP contribution in [0, 0.1) is 5.92 Å². The van der Waals surface area contributed by atoms with Gasteiger partial charge >= 0.3 is 5.97 Å². The van der Waals surface area contributed by atoms with Gasteiger partial charge in [0.15, 0.2) is 6.29 Å². The van der Waals surface area contributed by atoms with Crippen LogP contribution in [-0.2, 0) is 30.3 Å². The van der Waals surface area contributed by atoms with E-state index in [9.17, 15) is 4.79 Å². The van der Waals surface area contributed by atoms with Crippen molar-refractivity contribution in [1.29, 1.82) is 0 Å². The summed E-state index contributed by atoms with van der Waals surface area (Å²) in [5, 5.41) is 0. The van der Waals surface area contributed by atoms with Gasteiger partial charge in [-0.15, -0.1) is 6.58 Å². The first-order valence-corrected chi connectivity index (χ1v) is 7.89. The summed E-state index contributed by atoms with van der Waals surface area (Å²) in [6.45, 7) is 6.08. The monoisotopic (exact) mass is 318 g/mol. The molecule has 0 aromatic heterocycles. The Balaban J connectivity index is 1.76. The highest BCUT2D eigenvalue weighted by Crippen LogP contribution is 2.38. The zero-order valence-electron chi connectivity index (χ0n) is 13.2. The Kier molecular flexibility index (Phi) is 5.10. The van der Waals surface area contributed by atoms with Gasteiger partial charge < -0.3 is 18.9 Å². The number of carbonyl (C=O) groups excluding carboxylic acids is 1. The molecule has 2 aliphatic rings. The fourth-order valence-corrected chi connectivity index (χ4v) is 3.20. The van der Waals surface area contributed by atoms with Crippen LogP contribution in [0.15, 0.2) is 43.0 Å². The van der Waals surface area contributed by atoms with Crippen LogP contribution in [0.1, 0.15) is 18.9 Å². The summed E-state index contributed by atoms with van der Waals surface area (Å²) in [6, 6.07) is 9.90. The highest BCUT2D eigenvalue weighted by Gasteiger charge is 2.52. The number of esters is 1. The molecule has 2 bridgehead atoms. The van der Waals surface area contributed by atoms with Crippen molar-refractivity contribution < 1.29 is 23.7 Å². The lowest BCUT2D eigenvalue weighted by molar-refractivity contribution is -0.228. The van der Waals surface area contributed by atoms with Crippen molar-refractivity contribution in [3.8, 4) is 0 Å². The van der Waals surface area contributed by atoms with E-state index in [0.29, 0.717) is 19.6 Å². The van der Waals surface area contributed by atoms with Crippen LogP contribution >= 0.6 is 0 Å². The number of carbonyl (C=O) groups is 1. The van der Waals surface area contributed by atoms with E-state index in [0.717, 1.165) is 5.56 Å². The van der Waals surface area contributed by atoms with Gasteiger partial charge in [-0.3, -0.25) is 4.79 Å². The molecule has 1 aromatic rings. The summed E-state index contributed by atoms with van der Waals surface area (Å²) in [5.74, 6) is -0.422. The Morgan fingerprint density at radius 2 is 2.13 bits per heavy atom. The maximum Gasteiger partial charge on any atom is 0.303 e. The molecule has 23 heavy (non-hydrogen) atoms. The average Bonchev–Trinajstić information content (AvgIpc) is 2.97. The summed E-state index contributed by atoms with van der Waals surface area (Å²) >= 11 is 0. The Morgan fingerprint density at radius 3 is 2.83 bits per heavy atom. The molecule has 2 heterocycles. The van der Waals surface area contributed by atoms with E-state index < -0.39 is 0 Å². The minimum absolute atomic E-state index is 0.101. The van der Waals surface area contributed by atoms with Gasteiger partial charge in [0, 0.05) is 6.92 Å². The molecule has 0 amide bonds. The van der Waals surface area contributed by atoms with Gasteiger partial charge in [-0.2, -0.15) is 0 Å². The van der Waals surface area contributed by atoms with Crippen LogP contribution in [0.5, 0.6) is 0 Å². The number of fused-ring (bicyclic) bond motifs is 2. The average molecular weight is 318 g/mol. The molecule has 2 saturated heterocycles.